The van der Waals surface area contributed by atoms with Gasteiger partial charge in [-0.2, -0.15) is 4.31 Å². The lowest BCUT2D eigenvalue weighted by atomic mass is 9.94. The number of halogens is 2. The highest BCUT2D eigenvalue weighted by Crippen LogP contribution is 2.45. The van der Waals surface area contributed by atoms with E-state index in [2.05, 4.69) is 15.9 Å². The van der Waals surface area contributed by atoms with Gasteiger partial charge in [0.2, 0.25) is 0 Å². The highest BCUT2D eigenvalue weighted by molar-refractivity contribution is 9.11. The molecule has 1 aliphatic carbocycles. The Morgan fingerprint density at radius 2 is 2.19 bits per heavy atom. The van der Waals surface area contributed by atoms with Crippen LogP contribution in [-0.2, 0) is 14.8 Å². The number of aliphatic carboxylic acids is 1. The molecule has 0 amide bonds. The Bertz CT molecular complexity index is 670. The van der Waals surface area contributed by atoms with Crippen LogP contribution in [0.15, 0.2) is 14.1 Å². The van der Waals surface area contributed by atoms with E-state index in [0.717, 1.165) is 34.9 Å². The molecule has 5 nitrogen and oxygen atoms in total. The third kappa shape index (κ3) is 2.55. The zero-order valence-corrected chi connectivity index (χ0v) is 14.8. The smallest absolute Gasteiger partial charge is 0.322 e. The number of sulfonamides is 1. The van der Waals surface area contributed by atoms with Crippen LogP contribution in [0.2, 0.25) is 5.02 Å². The monoisotopic (exact) mass is 413 g/mol. The molecule has 0 bridgehead atoms. The molecule has 2 heterocycles. The first-order valence-corrected chi connectivity index (χ1v) is 9.94. The number of hydrogen-bond donors (Lipinski definition) is 1. The predicted octanol–water partition coefficient (Wildman–Crippen LogP) is 3.04. The zero-order chi connectivity index (χ0) is 15.4. The average Bonchev–Trinajstić information content (AvgIpc) is 3.03. The molecule has 1 N–H and O–H groups in total. The number of carboxylic acids is 1. The van der Waals surface area contributed by atoms with Gasteiger partial charge in [-0.15, -0.1) is 11.3 Å². The number of hydrogen-bond acceptors (Lipinski definition) is 4. The maximum Gasteiger partial charge on any atom is 0.322 e. The maximum atomic E-state index is 12.7. The third-order valence-corrected chi connectivity index (χ3v) is 9.06. The molecule has 3 unspecified atom stereocenters. The van der Waals surface area contributed by atoms with E-state index in [9.17, 15) is 18.3 Å². The summed E-state index contributed by atoms with van der Waals surface area (Å²) in [7, 11) is -3.82. The molecule has 0 radical (unpaired) electrons. The quantitative estimate of drug-likeness (QED) is 0.825. The SMILES string of the molecule is O=C(O)C1C2CCCC2CN1S(=O)(=O)c1cc(Cl)c(Br)s1. The molecule has 1 aromatic rings. The van der Waals surface area contributed by atoms with Crippen LogP contribution < -0.4 is 0 Å². The van der Waals surface area contributed by atoms with Gasteiger partial charge in [0.1, 0.15) is 10.3 Å². The molecule has 1 saturated carbocycles. The second-order valence-corrected chi connectivity index (χ2v) is 10.3. The minimum absolute atomic E-state index is 0.0730. The van der Waals surface area contributed by atoms with Gasteiger partial charge in [0.05, 0.1) is 8.81 Å². The summed E-state index contributed by atoms with van der Waals surface area (Å²) < 4.78 is 27.3. The van der Waals surface area contributed by atoms with Crippen molar-refractivity contribution in [3.63, 3.8) is 0 Å². The fraction of sp³-hybridized carbons (Fsp3) is 0.583. The lowest BCUT2D eigenvalue weighted by molar-refractivity contribution is -0.142. The Kier molecular flexibility index (Phi) is 4.11. The van der Waals surface area contributed by atoms with Crippen molar-refractivity contribution in [1.29, 1.82) is 0 Å². The summed E-state index contributed by atoms with van der Waals surface area (Å²) in [5.74, 6) is -0.981. The molecule has 0 spiro atoms. The van der Waals surface area contributed by atoms with Crippen molar-refractivity contribution < 1.29 is 18.3 Å². The van der Waals surface area contributed by atoms with Crippen molar-refractivity contribution >= 4 is 54.9 Å². The second kappa shape index (κ2) is 5.49. The van der Waals surface area contributed by atoms with Crippen molar-refractivity contribution in [2.24, 2.45) is 11.8 Å². The first-order valence-electron chi connectivity index (χ1n) is 6.52. The molecule has 1 aliphatic heterocycles. The van der Waals surface area contributed by atoms with Gasteiger partial charge in [0.25, 0.3) is 10.0 Å². The van der Waals surface area contributed by atoms with E-state index in [1.807, 2.05) is 0 Å². The molecule has 2 fully saturated rings. The van der Waals surface area contributed by atoms with Gasteiger partial charge in [-0.1, -0.05) is 18.0 Å². The summed E-state index contributed by atoms with van der Waals surface area (Å²) in [6.07, 6.45) is 2.65. The number of carbonyl (C=O) groups is 1. The van der Waals surface area contributed by atoms with E-state index in [1.165, 1.54) is 6.07 Å². The third-order valence-electron chi connectivity index (χ3n) is 4.29. The number of fused-ring (bicyclic) bond motifs is 1. The van der Waals surface area contributed by atoms with Crippen LogP contribution >= 0.6 is 38.9 Å². The summed E-state index contributed by atoms with van der Waals surface area (Å²) in [6.45, 7) is 0.289. The molecule has 1 aromatic heterocycles. The normalized spacial score (nSPS) is 29.7. The van der Waals surface area contributed by atoms with E-state index in [-0.39, 0.29) is 22.6 Å². The van der Waals surface area contributed by atoms with E-state index in [4.69, 9.17) is 11.6 Å². The van der Waals surface area contributed by atoms with Gasteiger partial charge in [0, 0.05) is 6.54 Å². The summed E-state index contributed by atoms with van der Waals surface area (Å²) >= 11 is 10.1. The first-order chi connectivity index (χ1) is 9.82. The van der Waals surface area contributed by atoms with Gasteiger partial charge in [0.15, 0.2) is 0 Å². The highest BCUT2D eigenvalue weighted by atomic mass is 79.9. The summed E-state index contributed by atoms with van der Waals surface area (Å²) in [5, 5.41) is 9.79. The molecule has 3 rings (SSSR count). The standard InChI is InChI=1S/C12H13BrClNO4S2/c13-11-8(14)4-9(20-11)21(18,19)15-5-6-2-1-3-7(6)10(15)12(16)17/h4,6-7,10H,1-3,5H2,(H,16,17). The highest BCUT2D eigenvalue weighted by Gasteiger charge is 2.52. The van der Waals surface area contributed by atoms with Crippen LogP contribution in [0.25, 0.3) is 0 Å². The summed E-state index contributed by atoms with van der Waals surface area (Å²) in [6, 6.07) is 0.417. The van der Waals surface area contributed by atoms with Gasteiger partial charge in [-0.05, 0) is 46.7 Å². The Labute approximate surface area is 140 Å². The topological polar surface area (TPSA) is 74.7 Å². The van der Waals surface area contributed by atoms with Crippen LogP contribution in [0.1, 0.15) is 19.3 Å². The van der Waals surface area contributed by atoms with Gasteiger partial charge in [-0.3, -0.25) is 4.79 Å². The largest absolute Gasteiger partial charge is 0.480 e. The molecule has 2 aliphatic rings. The first kappa shape index (κ1) is 15.7. The zero-order valence-electron chi connectivity index (χ0n) is 10.8. The van der Waals surface area contributed by atoms with Crippen LogP contribution in [0.5, 0.6) is 0 Å². The molecular weight excluding hydrogens is 402 g/mol. The second-order valence-electron chi connectivity index (χ2n) is 5.40. The van der Waals surface area contributed by atoms with Crippen molar-refractivity contribution in [2.75, 3.05) is 6.54 Å². The summed E-state index contributed by atoms with van der Waals surface area (Å²) in [5.41, 5.74) is 0. The van der Waals surface area contributed by atoms with E-state index >= 15 is 0 Å². The Hall–Kier alpha value is -0.150. The summed E-state index contributed by atoms with van der Waals surface area (Å²) in [4.78, 5) is 11.6. The van der Waals surface area contributed by atoms with Gasteiger partial charge < -0.3 is 5.11 Å². The predicted molar refractivity (Wildman–Crippen MR) is 83.2 cm³/mol. The van der Waals surface area contributed by atoms with Crippen LogP contribution in [0.4, 0.5) is 0 Å². The Morgan fingerprint density at radius 1 is 1.48 bits per heavy atom. The fourth-order valence-corrected chi connectivity index (χ4v) is 7.60. The van der Waals surface area contributed by atoms with Gasteiger partial charge in [-0.25, -0.2) is 8.42 Å². The van der Waals surface area contributed by atoms with Gasteiger partial charge >= 0.3 is 5.97 Å². The molecule has 3 atom stereocenters. The fourth-order valence-electron chi connectivity index (χ4n) is 3.39. The molecular formula is C12H13BrClNO4S2. The molecule has 116 valence electrons. The minimum Gasteiger partial charge on any atom is -0.480 e. The average molecular weight is 415 g/mol. The van der Waals surface area contributed by atoms with Crippen molar-refractivity contribution in [3.05, 3.63) is 14.9 Å². The van der Waals surface area contributed by atoms with Crippen LogP contribution in [-0.4, -0.2) is 36.4 Å². The maximum absolute atomic E-state index is 12.7. The number of nitrogens with zero attached hydrogens (tertiary/aromatic N) is 1. The van der Waals surface area contributed by atoms with Crippen molar-refractivity contribution in [2.45, 2.75) is 29.5 Å². The van der Waals surface area contributed by atoms with Crippen molar-refractivity contribution in [3.8, 4) is 0 Å². The van der Waals surface area contributed by atoms with E-state index in [1.54, 1.807) is 0 Å². The van der Waals surface area contributed by atoms with Crippen LogP contribution in [0, 0.1) is 11.8 Å². The van der Waals surface area contributed by atoms with Crippen LogP contribution in [0.3, 0.4) is 0 Å². The number of rotatable bonds is 3. The number of thiophene rings is 1. The Morgan fingerprint density at radius 3 is 2.76 bits per heavy atom. The van der Waals surface area contributed by atoms with E-state index in [0.29, 0.717) is 8.81 Å². The lowest BCUT2D eigenvalue weighted by Gasteiger charge is -2.22. The molecule has 1 saturated heterocycles. The minimum atomic E-state index is -3.82. The molecule has 21 heavy (non-hydrogen) atoms. The molecule has 0 aromatic carbocycles. The number of carboxylic acid groups (broad SMARTS) is 1. The lowest BCUT2D eigenvalue weighted by Crippen LogP contribution is -2.42. The molecule has 9 heteroatoms. The Balaban J connectivity index is 2.00. The van der Waals surface area contributed by atoms with E-state index < -0.39 is 22.0 Å². The van der Waals surface area contributed by atoms with Crippen molar-refractivity contribution in [1.82, 2.24) is 4.31 Å².